The molecule has 0 atom stereocenters. The molecular weight excluding hydrogens is 262 g/mol. The van der Waals surface area contributed by atoms with E-state index in [0.29, 0.717) is 13.2 Å². The van der Waals surface area contributed by atoms with E-state index in [2.05, 4.69) is 35.0 Å². The van der Waals surface area contributed by atoms with Crippen LogP contribution in [0.3, 0.4) is 0 Å². The van der Waals surface area contributed by atoms with E-state index in [-0.39, 0.29) is 0 Å². The highest BCUT2D eigenvalue weighted by atomic mass is 16.5. The number of methoxy groups -OCH3 is 1. The summed E-state index contributed by atoms with van der Waals surface area (Å²) in [4.78, 5) is 0. The largest absolute Gasteiger partial charge is 0.492 e. The highest BCUT2D eigenvalue weighted by Crippen LogP contribution is 2.18. The van der Waals surface area contributed by atoms with Crippen molar-refractivity contribution in [2.75, 3.05) is 13.7 Å². The van der Waals surface area contributed by atoms with Crippen molar-refractivity contribution < 1.29 is 9.47 Å². The normalized spacial score (nSPS) is 10.9. The Morgan fingerprint density at radius 2 is 1.86 bits per heavy atom. The maximum Gasteiger partial charge on any atom is 0.119 e. The molecule has 3 rings (SSSR count). The maximum absolute atomic E-state index is 5.76. The van der Waals surface area contributed by atoms with Crippen LogP contribution in [0, 0.1) is 0 Å². The number of hydrogen-bond acceptors (Lipinski definition) is 2. The van der Waals surface area contributed by atoms with Crippen LogP contribution >= 0.6 is 0 Å². The van der Waals surface area contributed by atoms with Crippen LogP contribution in [0.4, 0.5) is 0 Å². The minimum atomic E-state index is 0.641. The number of ether oxygens (including phenoxy) is 2. The second-order valence-electron chi connectivity index (χ2n) is 5.00. The summed E-state index contributed by atoms with van der Waals surface area (Å²) in [7, 11) is 1.72. The van der Waals surface area contributed by atoms with Crippen molar-refractivity contribution in [3.63, 3.8) is 0 Å². The van der Waals surface area contributed by atoms with Crippen LogP contribution < -0.4 is 4.74 Å². The van der Waals surface area contributed by atoms with E-state index >= 15 is 0 Å². The molecule has 0 unspecified atom stereocenters. The van der Waals surface area contributed by atoms with Crippen LogP contribution in [0.1, 0.15) is 5.56 Å². The molecule has 0 fully saturated rings. The first-order valence-electron chi connectivity index (χ1n) is 7.11. The average molecular weight is 281 g/mol. The molecule has 0 N–H and O–H groups in total. The fraction of sp³-hybridized carbons (Fsp3) is 0.222. The van der Waals surface area contributed by atoms with Gasteiger partial charge in [0, 0.05) is 18.8 Å². The standard InChI is InChI=1S/C18H19NO2/c1-20-14-15-7-8-16-9-10-19(18(16)13-15)11-12-21-17-5-3-2-4-6-17/h2-10,13H,11-12,14H2,1H3. The third-order valence-electron chi connectivity index (χ3n) is 3.49. The molecule has 3 aromatic rings. The van der Waals surface area contributed by atoms with Gasteiger partial charge in [-0.05, 0) is 35.2 Å². The molecule has 0 aliphatic heterocycles. The topological polar surface area (TPSA) is 23.4 Å². The summed E-state index contributed by atoms with van der Waals surface area (Å²) in [5.74, 6) is 0.911. The number of benzene rings is 2. The Morgan fingerprint density at radius 3 is 2.67 bits per heavy atom. The third kappa shape index (κ3) is 3.26. The summed E-state index contributed by atoms with van der Waals surface area (Å²) in [6.45, 7) is 2.12. The molecule has 0 saturated carbocycles. The zero-order valence-electron chi connectivity index (χ0n) is 12.2. The Morgan fingerprint density at radius 1 is 1.00 bits per heavy atom. The van der Waals surface area contributed by atoms with Crippen molar-refractivity contribution >= 4 is 10.9 Å². The third-order valence-corrected chi connectivity index (χ3v) is 3.49. The minimum absolute atomic E-state index is 0.641. The van der Waals surface area contributed by atoms with Crippen molar-refractivity contribution in [1.29, 1.82) is 0 Å². The molecule has 0 bridgehead atoms. The quantitative estimate of drug-likeness (QED) is 0.685. The lowest BCUT2D eigenvalue weighted by atomic mass is 10.2. The predicted molar refractivity (Wildman–Crippen MR) is 84.6 cm³/mol. The van der Waals surface area contributed by atoms with Crippen molar-refractivity contribution in [3.05, 3.63) is 66.4 Å². The summed E-state index contributed by atoms with van der Waals surface area (Å²) in [5.41, 5.74) is 2.41. The van der Waals surface area contributed by atoms with Gasteiger partial charge in [0.1, 0.15) is 12.4 Å². The fourth-order valence-electron chi connectivity index (χ4n) is 2.46. The van der Waals surface area contributed by atoms with E-state index < -0.39 is 0 Å². The van der Waals surface area contributed by atoms with Gasteiger partial charge in [0.25, 0.3) is 0 Å². The van der Waals surface area contributed by atoms with E-state index in [1.165, 1.54) is 16.5 Å². The first-order valence-corrected chi connectivity index (χ1v) is 7.11. The van der Waals surface area contributed by atoms with Crippen LogP contribution in [0.2, 0.25) is 0 Å². The number of fused-ring (bicyclic) bond motifs is 1. The van der Waals surface area contributed by atoms with Crippen molar-refractivity contribution in [2.24, 2.45) is 0 Å². The molecule has 21 heavy (non-hydrogen) atoms. The summed E-state index contributed by atoms with van der Waals surface area (Å²) in [6, 6.07) is 18.5. The van der Waals surface area contributed by atoms with Gasteiger partial charge in [-0.15, -0.1) is 0 Å². The molecule has 0 amide bonds. The van der Waals surface area contributed by atoms with Gasteiger partial charge in [0.15, 0.2) is 0 Å². The van der Waals surface area contributed by atoms with Crippen molar-refractivity contribution in [1.82, 2.24) is 4.57 Å². The second kappa shape index (κ2) is 6.46. The van der Waals surface area contributed by atoms with Gasteiger partial charge in [0.2, 0.25) is 0 Å². The smallest absolute Gasteiger partial charge is 0.119 e. The number of aromatic nitrogens is 1. The zero-order chi connectivity index (χ0) is 14.5. The SMILES string of the molecule is COCc1ccc2ccn(CCOc3ccccc3)c2c1. The summed E-state index contributed by atoms with van der Waals surface area (Å²) in [5, 5.41) is 1.24. The highest BCUT2D eigenvalue weighted by molar-refractivity contribution is 5.80. The van der Waals surface area contributed by atoms with Crippen LogP contribution in [-0.4, -0.2) is 18.3 Å². The lowest BCUT2D eigenvalue weighted by Gasteiger charge is -2.09. The van der Waals surface area contributed by atoms with E-state index in [1.807, 2.05) is 30.3 Å². The molecule has 2 aromatic carbocycles. The van der Waals surface area contributed by atoms with Crippen molar-refractivity contribution in [2.45, 2.75) is 13.2 Å². The van der Waals surface area contributed by atoms with Gasteiger partial charge in [0.05, 0.1) is 13.2 Å². The first kappa shape index (κ1) is 13.7. The first-order chi connectivity index (χ1) is 10.4. The molecule has 0 spiro atoms. The number of hydrogen-bond donors (Lipinski definition) is 0. The van der Waals surface area contributed by atoms with E-state index in [0.717, 1.165) is 12.3 Å². The highest BCUT2D eigenvalue weighted by Gasteiger charge is 2.03. The van der Waals surface area contributed by atoms with Gasteiger partial charge in [-0.2, -0.15) is 0 Å². The second-order valence-corrected chi connectivity index (χ2v) is 5.00. The summed E-state index contributed by atoms with van der Waals surface area (Å²) >= 11 is 0. The molecule has 1 heterocycles. The zero-order valence-corrected chi connectivity index (χ0v) is 12.2. The maximum atomic E-state index is 5.76. The molecule has 0 aliphatic carbocycles. The Bertz CT molecular complexity index is 704. The predicted octanol–water partition coefficient (Wildman–Crippen LogP) is 3.87. The Kier molecular flexibility index (Phi) is 4.22. The van der Waals surface area contributed by atoms with E-state index in [1.54, 1.807) is 7.11 Å². The van der Waals surface area contributed by atoms with Gasteiger partial charge in [-0.25, -0.2) is 0 Å². The Hall–Kier alpha value is -2.26. The molecule has 3 nitrogen and oxygen atoms in total. The van der Waals surface area contributed by atoms with Gasteiger partial charge < -0.3 is 14.0 Å². The molecule has 1 aromatic heterocycles. The Balaban J connectivity index is 1.70. The molecule has 0 aliphatic rings. The van der Waals surface area contributed by atoms with E-state index in [9.17, 15) is 0 Å². The average Bonchev–Trinajstić information content (AvgIpc) is 2.91. The number of rotatable bonds is 6. The van der Waals surface area contributed by atoms with E-state index in [4.69, 9.17) is 9.47 Å². The van der Waals surface area contributed by atoms with Crippen LogP contribution in [0.15, 0.2) is 60.8 Å². The molecular formula is C18H19NO2. The van der Waals surface area contributed by atoms with Crippen molar-refractivity contribution in [3.8, 4) is 5.75 Å². The summed E-state index contributed by atoms with van der Waals surface area (Å²) < 4.78 is 13.2. The number of nitrogens with zero attached hydrogens (tertiary/aromatic N) is 1. The monoisotopic (exact) mass is 281 g/mol. The molecule has 0 saturated heterocycles. The van der Waals surface area contributed by atoms with Gasteiger partial charge in [-0.1, -0.05) is 30.3 Å². The molecule has 108 valence electrons. The molecule has 0 radical (unpaired) electrons. The fourth-order valence-corrected chi connectivity index (χ4v) is 2.46. The minimum Gasteiger partial charge on any atom is -0.492 e. The van der Waals surface area contributed by atoms with Crippen LogP contribution in [0.5, 0.6) is 5.75 Å². The summed E-state index contributed by atoms with van der Waals surface area (Å²) in [6.07, 6.45) is 2.11. The van der Waals surface area contributed by atoms with Gasteiger partial charge >= 0.3 is 0 Å². The Labute approximate surface area is 124 Å². The van der Waals surface area contributed by atoms with Gasteiger partial charge in [-0.3, -0.25) is 0 Å². The van der Waals surface area contributed by atoms with Crippen LogP contribution in [-0.2, 0) is 17.9 Å². The lowest BCUT2D eigenvalue weighted by molar-refractivity contribution is 0.185. The molecule has 3 heteroatoms. The lowest BCUT2D eigenvalue weighted by Crippen LogP contribution is -2.07. The number of para-hydroxylation sites is 1. The van der Waals surface area contributed by atoms with Crippen LogP contribution in [0.25, 0.3) is 10.9 Å².